The minimum atomic E-state index is -0.251. The summed E-state index contributed by atoms with van der Waals surface area (Å²) < 4.78 is 26.6. The second-order valence-corrected chi connectivity index (χ2v) is 9.12. The van der Waals surface area contributed by atoms with Crippen molar-refractivity contribution in [3.8, 4) is 11.5 Å². The lowest BCUT2D eigenvalue weighted by Gasteiger charge is -2.40. The molecule has 0 spiro atoms. The molecule has 4 rings (SSSR count). The first kappa shape index (κ1) is 23.9. The Kier molecular flexibility index (Phi) is 7.02. The molecule has 0 aliphatic carbocycles. The van der Waals surface area contributed by atoms with Crippen LogP contribution in [0.2, 0.25) is 0 Å². The zero-order valence-corrected chi connectivity index (χ0v) is 20.5. The Hall–Kier alpha value is -3.20. The Morgan fingerprint density at radius 3 is 2.32 bits per heavy atom. The first-order valence-electron chi connectivity index (χ1n) is 11.6. The number of piperazine rings is 1. The lowest BCUT2D eigenvalue weighted by Crippen LogP contribution is -2.49. The third kappa shape index (κ3) is 4.70. The SMILES string of the molecule is CCC(C)(C)n1nnnc1[C@H](c1cc(OC)ccc1OC)N1CCN(c2ccc(F)cc2)CC1. The molecule has 8 nitrogen and oxygen atoms in total. The van der Waals surface area contributed by atoms with Gasteiger partial charge in [-0.2, -0.15) is 0 Å². The van der Waals surface area contributed by atoms with Gasteiger partial charge in [-0.1, -0.05) is 6.92 Å². The fourth-order valence-corrected chi connectivity index (χ4v) is 4.39. The maximum absolute atomic E-state index is 13.4. The molecule has 1 aliphatic rings. The van der Waals surface area contributed by atoms with Crippen molar-refractivity contribution in [1.29, 1.82) is 0 Å². The molecule has 0 saturated carbocycles. The molecule has 1 aromatic heterocycles. The van der Waals surface area contributed by atoms with Gasteiger partial charge in [-0.25, -0.2) is 9.07 Å². The lowest BCUT2D eigenvalue weighted by atomic mass is 9.98. The number of nitrogens with zero attached hydrogens (tertiary/aromatic N) is 6. The number of hydrogen-bond acceptors (Lipinski definition) is 7. The molecule has 0 bridgehead atoms. The Morgan fingerprint density at radius 1 is 1.00 bits per heavy atom. The average Bonchev–Trinajstić information content (AvgIpc) is 3.35. The predicted octanol–water partition coefficient (Wildman–Crippen LogP) is 3.89. The van der Waals surface area contributed by atoms with Gasteiger partial charge < -0.3 is 14.4 Å². The van der Waals surface area contributed by atoms with Crippen LogP contribution in [-0.4, -0.2) is 65.5 Å². The Bertz CT molecular complexity index is 1090. The van der Waals surface area contributed by atoms with Crippen molar-refractivity contribution in [3.05, 3.63) is 59.7 Å². The molecule has 0 unspecified atom stereocenters. The van der Waals surface area contributed by atoms with Crippen molar-refractivity contribution in [2.45, 2.75) is 38.8 Å². The number of hydrogen-bond donors (Lipinski definition) is 0. The molecular weight excluding hydrogens is 435 g/mol. The van der Waals surface area contributed by atoms with Gasteiger partial charge in [0.05, 0.1) is 19.8 Å². The normalized spacial score (nSPS) is 15.9. The first-order chi connectivity index (χ1) is 16.4. The van der Waals surface area contributed by atoms with Gasteiger partial charge in [-0.15, -0.1) is 5.10 Å². The number of methoxy groups -OCH3 is 2. The molecule has 1 fully saturated rings. The summed E-state index contributed by atoms with van der Waals surface area (Å²) in [4.78, 5) is 4.65. The number of ether oxygens (including phenoxy) is 2. The molecule has 182 valence electrons. The van der Waals surface area contributed by atoms with Crippen LogP contribution in [0, 0.1) is 5.82 Å². The average molecular weight is 469 g/mol. The maximum atomic E-state index is 13.4. The Balaban J connectivity index is 1.72. The fraction of sp³-hybridized carbons (Fsp3) is 0.480. The van der Waals surface area contributed by atoms with Crippen LogP contribution in [0.4, 0.5) is 10.1 Å². The number of rotatable bonds is 8. The lowest BCUT2D eigenvalue weighted by molar-refractivity contribution is 0.184. The highest BCUT2D eigenvalue weighted by Gasteiger charge is 2.36. The molecule has 1 atom stereocenters. The molecule has 9 heteroatoms. The summed E-state index contributed by atoms with van der Waals surface area (Å²) in [5, 5.41) is 13.0. The van der Waals surface area contributed by atoms with Gasteiger partial charge in [0.2, 0.25) is 0 Å². The van der Waals surface area contributed by atoms with Crippen molar-refractivity contribution >= 4 is 5.69 Å². The van der Waals surface area contributed by atoms with E-state index in [9.17, 15) is 4.39 Å². The molecule has 2 aromatic carbocycles. The summed E-state index contributed by atoms with van der Waals surface area (Å²) in [6.45, 7) is 9.57. The van der Waals surface area contributed by atoms with E-state index in [1.807, 2.05) is 35.0 Å². The van der Waals surface area contributed by atoms with E-state index in [0.29, 0.717) is 0 Å². The van der Waals surface area contributed by atoms with Crippen molar-refractivity contribution in [1.82, 2.24) is 25.1 Å². The summed E-state index contributed by atoms with van der Waals surface area (Å²) in [6.07, 6.45) is 0.880. The topological polar surface area (TPSA) is 68.5 Å². The summed E-state index contributed by atoms with van der Waals surface area (Å²) in [7, 11) is 3.33. The van der Waals surface area contributed by atoms with Gasteiger partial charge in [0.15, 0.2) is 5.82 Å². The van der Waals surface area contributed by atoms with Crippen LogP contribution in [0.25, 0.3) is 0 Å². The standard InChI is InChI=1S/C25H33FN6O2/c1-6-25(2,3)32-24(27-28-29-32)23(21-17-20(33-4)11-12-22(21)34-5)31-15-13-30(14-16-31)19-9-7-18(26)8-10-19/h7-12,17,23H,6,13-16H2,1-5H3/t23-/m0/s1. The molecule has 0 radical (unpaired) electrons. The first-order valence-corrected chi connectivity index (χ1v) is 11.6. The Labute approximate surface area is 200 Å². The van der Waals surface area contributed by atoms with Crippen molar-refractivity contribution < 1.29 is 13.9 Å². The number of halogens is 1. The largest absolute Gasteiger partial charge is 0.497 e. The van der Waals surface area contributed by atoms with Crippen LogP contribution in [0.5, 0.6) is 11.5 Å². The monoisotopic (exact) mass is 468 g/mol. The molecule has 3 aromatic rings. The van der Waals surface area contributed by atoms with Gasteiger partial charge in [-0.05, 0) is 73.2 Å². The number of aromatic nitrogens is 4. The van der Waals surface area contributed by atoms with E-state index in [1.54, 1.807) is 14.2 Å². The number of tetrazole rings is 1. The molecular formula is C25H33FN6O2. The minimum absolute atomic E-state index is 0.221. The zero-order valence-electron chi connectivity index (χ0n) is 20.5. The van der Waals surface area contributed by atoms with Crippen LogP contribution in [0.15, 0.2) is 42.5 Å². The van der Waals surface area contributed by atoms with Crippen LogP contribution in [0.3, 0.4) is 0 Å². The quantitative estimate of drug-likeness (QED) is 0.497. The zero-order chi connectivity index (χ0) is 24.3. The third-order valence-electron chi connectivity index (χ3n) is 6.78. The van der Waals surface area contributed by atoms with Crippen molar-refractivity contribution in [2.24, 2.45) is 0 Å². The van der Waals surface area contributed by atoms with E-state index in [-0.39, 0.29) is 17.4 Å². The van der Waals surface area contributed by atoms with Gasteiger partial charge >= 0.3 is 0 Å². The van der Waals surface area contributed by atoms with Gasteiger partial charge in [0.25, 0.3) is 0 Å². The smallest absolute Gasteiger partial charge is 0.173 e. The van der Waals surface area contributed by atoms with Crippen LogP contribution in [-0.2, 0) is 5.54 Å². The summed E-state index contributed by atoms with van der Waals surface area (Å²) >= 11 is 0. The highest BCUT2D eigenvalue weighted by molar-refractivity contribution is 5.48. The molecule has 2 heterocycles. The van der Waals surface area contributed by atoms with E-state index in [4.69, 9.17) is 9.47 Å². The summed E-state index contributed by atoms with van der Waals surface area (Å²) in [5.41, 5.74) is 1.73. The predicted molar refractivity (Wildman–Crippen MR) is 129 cm³/mol. The van der Waals surface area contributed by atoms with E-state index in [1.165, 1.54) is 12.1 Å². The molecule has 34 heavy (non-hydrogen) atoms. The molecule has 1 aliphatic heterocycles. The van der Waals surface area contributed by atoms with Gasteiger partial charge in [0, 0.05) is 37.4 Å². The highest BCUT2D eigenvalue weighted by Crippen LogP contribution is 2.38. The molecule has 0 N–H and O–H groups in total. The number of benzene rings is 2. The second-order valence-electron chi connectivity index (χ2n) is 9.12. The van der Waals surface area contributed by atoms with Crippen LogP contribution >= 0.6 is 0 Å². The summed E-state index contributed by atoms with van der Waals surface area (Å²) in [5.74, 6) is 2.06. The van der Waals surface area contributed by atoms with Crippen molar-refractivity contribution in [2.75, 3.05) is 45.3 Å². The van der Waals surface area contributed by atoms with E-state index < -0.39 is 0 Å². The molecule has 1 saturated heterocycles. The fourth-order valence-electron chi connectivity index (χ4n) is 4.39. The van der Waals surface area contributed by atoms with Gasteiger partial charge in [0.1, 0.15) is 23.4 Å². The van der Waals surface area contributed by atoms with E-state index >= 15 is 0 Å². The molecule has 0 amide bonds. The van der Waals surface area contributed by atoms with Crippen LogP contribution < -0.4 is 14.4 Å². The van der Waals surface area contributed by atoms with Crippen molar-refractivity contribution in [3.63, 3.8) is 0 Å². The van der Waals surface area contributed by atoms with Crippen LogP contribution in [0.1, 0.15) is 44.6 Å². The Morgan fingerprint density at radius 2 is 1.71 bits per heavy atom. The van der Waals surface area contributed by atoms with E-state index in [0.717, 1.165) is 61.2 Å². The third-order valence-corrected chi connectivity index (χ3v) is 6.78. The maximum Gasteiger partial charge on any atom is 0.173 e. The highest BCUT2D eigenvalue weighted by atomic mass is 19.1. The number of anilines is 1. The summed E-state index contributed by atoms with van der Waals surface area (Å²) in [6, 6.07) is 12.3. The second kappa shape index (κ2) is 9.97. The van der Waals surface area contributed by atoms with E-state index in [2.05, 4.69) is 46.1 Å². The van der Waals surface area contributed by atoms with Gasteiger partial charge in [-0.3, -0.25) is 4.90 Å². The minimum Gasteiger partial charge on any atom is -0.497 e.